The summed E-state index contributed by atoms with van der Waals surface area (Å²) in [4.78, 5) is 23.0. The summed E-state index contributed by atoms with van der Waals surface area (Å²) in [6.07, 6.45) is 12.7. The van der Waals surface area contributed by atoms with Crippen LogP contribution in [0.1, 0.15) is 24.0 Å². The maximum atomic E-state index is 13.0. The number of hydrogen-bond acceptors (Lipinski definition) is 3. The van der Waals surface area contributed by atoms with Crippen LogP contribution in [0.3, 0.4) is 0 Å². The van der Waals surface area contributed by atoms with Crippen molar-refractivity contribution in [2.45, 2.75) is 39.8 Å². The predicted molar refractivity (Wildman–Crippen MR) is 102 cm³/mol. The zero-order valence-electron chi connectivity index (χ0n) is 15.4. The van der Waals surface area contributed by atoms with E-state index in [-0.39, 0.29) is 5.91 Å². The molecule has 3 aromatic rings. The van der Waals surface area contributed by atoms with Crippen molar-refractivity contribution < 1.29 is 4.79 Å². The molecule has 6 heteroatoms. The molecule has 0 unspecified atom stereocenters. The molecule has 1 amide bonds. The Morgan fingerprint density at radius 1 is 1.00 bits per heavy atom. The number of aromatic nitrogens is 4. The van der Waals surface area contributed by atoms with Gasteiger partial charge in [-0.2, -0.15) is 0 Å². The maximum Gasteiger partial charge on any atom is 0.246 e. The number of nitrogens with zero attached hydrogens (tertiary/aromatic N) is 5. The number of unbranched alkanes of at least 4 members (excludes halogenated alkanes) is 1. The molecule has 2 aromatic heterocycles. The molecule has 0 spiro atoms. The van der Waals surface area contributed by atoms with Crippen LogP contribution in [-0.4, -0.2) is 31.6 Å². The van der Waals surface area contributed by atoms with Gasteiger partial charge in [-0.25, -0.2) is 9.97 Å². The molecule has 0 radical (unpaired) electrons. The number of carbonyl (C=O) groups is 1. The first-order chi connectivity index (χ1) is 12.6. The van der Waals surface area contributed by atoms with Gasteiger partial charge in [0.25, 0.3) is 0 Å². The van der Waals surface area contributed by atoms with Gasteiger partial charge >= 0.3 is 0 Å². The molecule has 0 saturated heterocycles. The first-order valence-corrected chi connectivity index (χ1v) is 8.93. The molecule has 0 aliphatic heterocycles. The van der Waals surface area contributed by atoms with Crippen LogP contribution in [0.2, 0.25) is 0 Å². The van der Waals surface area contributed by atoms with Crippen molar-refractivity contribution >= 4 is 11.6 Å². The van der Waals surface area contributed by atoms with Crippen LogP contribution in [0.25, 0.3) is 0 Å². The summed E-state index contributed by atoms with van der Waals surface area (Å²) in [6, 6.07) is 6.16. The Hall–Kier alpha value is -2.89. The molecule has 0 bridgehead atoms. The second-order valence-electron chi connectivity index (χ2n) is 6.53. The molecule has 26 heavy (non-hydrogen) atoms. The summed E-state index contributed by atoms with van der Waals surface area (Å²) in [5.74, 6) is 0.0861. The van der Waals surface area contributed by atoms with Crippen LogP contribution in [-0.2, 0) is 17.9 Å². The van der Waals surface area contributed by atoms with Crippen molar-refractivity contribution in [3.05, 3.63) is 66.8 Å². The largest absolute Gasteiger partial charge is 0.337 e. The van der Waals surface area contributed by atoms with Crippen molar-refractivity contribution in [2.24, 2.45) is 0 Å². The Balaban J connectivity index is 1.71. The van der Waals surface area contributed by atoms with Crippen molar-refractivity contribution in [2.75, 3.05) is 11.4 Å². The summed E-state index contributed by atoms with van der Waals surface area (Å²) in [5, 5.41) is 0. The van der Waals surface area contributed by atoms with Gasteiger partial charge in [-0.1, -0.05) is 18.2 Å². The molecule has 0 N–H and O–H groups in total. The summed E-state index contributed by atoms with van der Waals surface area (Å²) in [7, 11) is 0. The minimum absolute atomic E-state index is 0.0861. The van der Waals surface area contributed by atoms with Crippen molar-refractivity contribution in [1.82, 2.24) is 19.1 Å². The lowest BCUT2D eigenvalue weighted by Gasteiger charge is -2.26. The Kier molecular flexibility index (Phi) is 5.84. The Bertz CT molecular complexity index is 804. The van der Waals surface area contributed by atoms with Crippen LogP contribution < -0.4 is 4.90 Å². The highest BCUT2D eigenvalue weighted by atomic mass is 16.2. The van der Waals surface area contributed by atoms with Gasteiger partial charge in [-0.05, 0) is 37.8 Å². The standard InChI is InChI=1S/C20H25N5O/c1-17-6-5-7-18(2)20(17)25(19(26)14-24-13-9-22-16-24)11-4-3-10-23-12-8-21-15-23/h5-9,12-13,15-16H,3-4,10-11,14H2,1-2H3. The zero-order chi connectivity index (χ0) is 18.4. The van der Waals surface area contributed by atoms with Crippen molar-refractivity contribution in [1.29, 1.82) is 0 Å². The van der Waals surface area contributed by atoms with E-state index in [1.807, 2.05) is 34.3 Å². The fourth-order valence-electron chi connectivity index (χ4n) is 3.20. The fraction of sp³-hybridized carbons (Fsp3) is 0.350. The fourth-order valence-corrected chi connectivity index (χ4v) is 3.20. The van der Waals surface area contributed by atoms with Gasteiger partial charge in [-0.3, -0.25) is 4.79 Å². The van der Waals surface area contributed by atoms with Gasteiger partial charge in [0.1, 0.15) is 6.54 Å². The van der Waals surface area contributed by atoms with E-state index in [2.05, 4.69) is 40.5 Å². The molecule has 1 aromatic carbocycles. The first kappa shape index (κ1) is 17.9. The number of para-hydroxylation sites is 1. The lowest BCUT2D eigenvalue weighted by molar-refractivity contribution is -0.119. The average molecular weight is 351 g/mol. The third-order valence-corrected chi connectivity index (χ3v) is 4.49. The summed E-state index contributed by atoms with van der Waals surface area (Å²) in [5.41, 5.74) is 3.28. The Morgan fingerprint density at radius 3 is 2.27 bits per heavy atom. The number of carbonyl (C=O) groups excluding carboxylic acids is 1. The van der Waals surface area contributed by atoms with E-state index in [1.54, 1.807) is 18.7 Å². The van der Waals surface area contributed by atoms with E-state index in [1.165, 1.54) is 0 Å². The van der Waals surface area contributed by atoms with Crippen LogP contribution in [0.5, 0.6) is 0 Å². The van der Waals surface area contributed by atoms with Crippen molar-refractivity contribution in [3.8, 4) is 0 Å². The van der Waals surface area contributed by atoms with Crippen LogP contribution in [0.15, 0.2) is 55.6 Å². The third-order valence-electron chi connectivity index (χ3n) is 4.49. The first-order valence-electron chi connectivity index (χ1n) is 8.93. The number of aryl methyl sites for hydroxylation is 3. The molecule has 0 aliphatic carbocycles. The number of rotatable bonds is 8. The molecule has 6 nitrogen and oxygen atoms in total. The number of anilines is 1. The number of benzene rings is 1. The van der Waals surface area contributed by atoms with Crippen LogP contribution in [0.4, 0.5) is 5.69 Å². The number of hydrogen-bond donors (Lipinski definition) is 0. The molecule has 0 saturated carbocycles. The second-order valence-corrected chi connectivity index (χ2v) is 6.53. The Morgan fingerprint density at radius 2 is 1.65 bits per heavy atom. The van der Waals surface area contributed by atoms with Gasteiger partial charge in [0.2, 0.25) is 5.91 Å². The number of imidazole rings is 2. The highest BCUT2D eigenvalue weighted by Gasteiger charge is 2.19. The van der Waals surface area contributed by atoms with E-state index in [9.17, 15) is 4.79 Å². The minimum atomic E-state index is 0.0861. The Labute approximate surface area is 154 Å². The summed E-state index contributed by atoms with van der Waals surface area (Å²) < 4.78 is 3.88. The zero-order valence-corrected chi connectivity index (χ0v) is 15.4. The SMILES string of the molecule is Cc1cccc(C)c1N(CCCCn1ccnc1)C(=O)Cn1ccnc1. The van der Waals surface area contributed by atoms with Crippen LogP contribution >= 0.6 is 0 Å². The topological polar surface area (TPSA) is 56.0 Å². The van der Waals surface area contributed by atoms with Gasteiger partial charge in [0.15, 0.2) is 0 Å². The van der Waals surface area contributed by atoms with E-state index >= 15 is 0 Å². The van der Waals surface area contributed by atoms with E-state index in [0.29, 0.717) is 13.1 Å². The lowest BCUT2D eigenvalue weighted by Crippen LogP contribution is -2.35. The van der Waals surface area contributed by atoms with E-state index in [0.717, 1.165) is 36.2 Å². The molecule has 0 atom stereocenters. The molecular weight excluding hydrogens is 326 g/mol. The van der Waals surface area contributed by atoms with Gasteiger partial charge < -0.3 is 14.0 Å². The van der Waals surface area contributed by atoms with Gasteiger partial charge in [-0.15, -0.1) is 0 Å². The number of amides is 1. The van der Waals surface area contributed by atoms with Gasteiger partial charge in [0, 0.05) is 43.6 Å². The summed E-state index contributed by atoms with van der Waals surface area (Å²) >= 11 is 0. The molecule has 3 rings (SSSR count). The highest BCUT2D eigenvalue weighted by molar-refractivity contribution is 5.94. The predicted octanol–water partition coefficient (Wildman–Crippen LogP) is 3.21. The van der Waals surface area contributed by atoms with E-state index < -0.39 is 0 Å². The quantitative estimate of drug-likeness (QED) is 0.586. The normalized spacial score (nSPS) is 10.8. The van der Waals surface area contributed by atoms with Crippen LogP contribution in [0, 0.1) is 13.8 Å². The van der Waals surface area contributed by atoms with Gasteiger partial charge in [0.05, 0.1) is 12.7 Å². The molecule has 0 aliphatic rings. The smallest absolute Gasteiger partial charge is 0.246 e. The maximum absolute atomic E-state index is 13.0. The molecule has 136 valence electrons. The monoisotopic (exact) mass is 351 g/mol. The highest BCUT2D eigenvalue weighted by Crippen LogP contribution is 2.25. The molecule has 0 fully saturated rings. The summed E-state index contributed by atoms with van der Waals surface area (Å²) in [6.45, 7) is 6.04. The van der Waals surface area contributed by atoms with Crippen molar-refractivity contribution in [3.63, 3.8) is 0 Å². The lowest BCUT2D eigenvalue weighted by atomic mass is 10.1. The minimum Gasteiger partial charge on any atom is -0.337 e. The average Bonchev–Trinajstić information content (AvgIpc) is 3.30. The molecule has 2 heterocycles. The second kappa shape index (κ2) is 8.47. The van der Waals surface area contributed by atoms with E-state index in [4.69, 9.17) is 0 Å². The molecular formula is C20H25N5O. The third kappa shape index (κ3) is 4.39.